The number of thiophene rings is 1. The van der Waals surface area contributed by atoms with Crippen LogP contribution >= 0.6 is 11.3 Å². The zero-order valence-electron chi connectivity index (χ0n) is 13.8. The van der Waals surface area contributed by atoms with Crippen molar-refractivity contribution in [3.8, 4) is 0 Å². The molecule has 1 aliphatic rings. The fourth-order valence-electron chi connectivity index (χ4n) is 2.38. The minimum absolute atomic E-state index is 0.0438. The first-order valence-corrected chi connectivity index (χ1v) is 8.28. The molecule has 24 heavy (non-hydrogen) atoms. The molecule has 1 aliphatic heterocycles. The molecule has 9 heteroatoms. The van der Waals surface area contributed by atoms with Crippen LogP contribution in [-0.2, 0) is 27.4 Å². The number of hydrogen-bond acceptors (Lipinski definition) is 6. The number of carbonyl (C=O) groups is 3. The summed E-state index contributed by atoms with van der Waals surface area (Å²) in [5, 5.41) is 14.1. The van der Waals surface area contributed by atoms with Crippen LogP contribution in [0.5, 0.6) is 0 Å². The lowest BCUT2D eigenvalue weighted by molar-refractivity contribution is -0.136. The number of nitrogens with one attached hydrogen (secondary N) is 2. The fourth-order valence-corrected chi connectivity index (χ4v) is 3.51. The summed E-state index contributed by atoms with van der Waals surface area (Å²) in [4.78, 5) is 36.3. The van der Waals surface area contributed by atoms with Crippen LogP contribution in [-0.4, -0.2) is 41.1 Å². The Labute approximate surface area is 143 Å². The first kappa shape index (κ1) is 18.4. The number of anilines is 1. The lowest BCUT2D eigenvalue weighted by atomic mass is 9.93. The van der Waals surface area contributed by atoms with Crippen molar-refractivity contribution >= 4 is 34.1 Å². The quantitative estimate of drug-likeness (QED) is 0.570. The van der Waals surface area contributed by atoms with Crippen LogP contribution in [0.15, 0.2) is 0 Å². The minimum Gasteiger partial charge on any atom is -0.392 e. The monoisotopic (exact) mass is 355 g/mol. The Morgan fingerprint density at radius 1 is 1.38 bits per heavy atom. The van der Waals surface area contributed by atoms with Crippen molar-refractivity contribution in [1.82, 2.24) is 5.32 Å². The topological polar surface area (TPSA) is 131 Å². The van der Waals surface area contributed by atoms with Gasteiger partial charge in [0.25, 0.3) is 5.91 Å². The smallest absolute Gasteiger partial charge is 0.314 e. The molecule has 2 heterocycles. The van der Waals surface area contributed by atoms with Gasteiger partial charge in [-0.05, 0) is 26.3 Å². The predicted molar refractivity (Wildman–Crippen MR) is 88.7 cm³/mol. The maximum Gasteiger partial charge on any atom is 0.314 e. The summed E-state index contributed by atoms with van der Waals surface area (Å²) in [6.07, 6.45) is -0.280. The van der Waals surface area contributed by atoms with Gasteiger partial charge in [0.2, 0.25) is 0 Å². The number of primary amides is 1. The maximum atomic E-state index is 12.0. The average molecular weight is 355 g/mol. The first-order chi connectivity index (χ1) is 11.1. The summed E-state index contributed by atoms with van der Waals surface area (Å²) in [5.74, 6) is -2.48. The van der Waals surface area contributed by atoms with Gasteiger partial charge in [-0.3, -0.25) is 14.4 Å². The lowest BCUT2D eigenvalue weighted by Crippen LogP contribution is -2.39. The third-order valence-electron chi connectivity index (χ3n) is 3.52. The second-order valence-corrected chi connectivity index (χ2v) is 7.42. The van der Waals surface area contributed by atoms with E-state index in [0.29, 0.717) is 13.0 Å². The van der Waals surface area contributed by atoms with Crippen molar-refractivity contribution in [2.75, 3.05) is 11.9 Å². The highest BCUT2D eigenvalue weighted by Crippen LogP contribution is 2.40. The van der Waals surface area contributed by atoms with Crippen LogP contribution in [0.25, 0.3) is 0 Å². The number of hydrogen-bond donors (Lipinski definition) is 4. The first-order valence-electron chi connectivity index (χ1n) is 7.46. The Hall–Kier alpha value is -1.97. The van der Waals surface area contributed by atoms with Gasteiger partial charge in [0.1, 0.15) is 5.00 Å². The molecule has 5 N–H and O–H groups in total. The summed E-state index contributed by atoms with van der Waals surface area (Å²) < 4.78 is 5.70. The number of rotatable bonds is 4. The van der Waals surface area contributed by atoms with E-state index in [1.54, 1.807) is 0 Å². The lowest BCUT2D eigenvalue weighted by Gasteiger charge is -2.30. The Morgan fingerprint density at radius 3 is 2.62 bits per heavy atom. The van der Waals surface area contributed by atoms with E-state index in [4.69, 9.17) is 15.6 Å². The molecule has 0 spiro atoms. The highest BCUT2D eigenvalue weighted by molar-refractivity contribution is 7.17. The number of carbonyl (C=O) groups excluding carboxylic acids is 3. The molecule has 0 unspecified atom stereocenters. The number of ether oxygens (including phenoxy) is 1. The van der Waals surface area contributed by atoms with Crippen molar-refractivity contribution in [3.63, 3.8) is 0 Å². The summed E-state index contributed by atoms with van der Waals surface area (Å²) in [6.45, 7) is 5.56. The molecule has 1 atom stereocenters. The second kappa shape index (κ2) is 6.88. The maximum absolute atomic E-state index is 12.0. The van der Waals surface area contributed by atoms with Crippen molar-refractivity contribution < 1.29 is 24.2 Å². The van der Waals surface area contributed by atoms with Crippen LogP contribution < -0.4 is 16.4 Å². The summed E-state index contributed by atoms with van der Waals surface area (Å²) >= 11 is 1.17. The standard InChI is InChI=1S/C15H21N3O5S/c1-7(19)5-17-12(21)13(22)18-14-10(11(16)20)8-4-15(2,3)23-6-9(8)24-14/h7,19H,4-6H2,1-3H3,(H2,16,20)(H,17,21)(H,18,22)/t7-/m0/s1. The van der Waals surface area contributed by atoms with E-state index in [1.807, 2.05) is 13.8 Å². The van der Waals surface area contributed by atoms with Gasteiger partial charge in [0.05, 0.1) is 23.9 Å². The Morgan fingerprint density at radius 2 is 2.04 bits per heavy atom. The molecule has 0 aromatic carbocycles. The normalized spacial score (nSPS) is 16.8. The third kappa shape index (κ3) is 4.11. The van der Waals surface area contributed by atoms with Crippen molar-refractivity contribution in [2.45, 2.75) is 45.5 Å². The van der Waals surface area contributed by atoms with E-state index in [0.717, 1.165) is 10.4 Å². The largest absolute Gasteiger partial charge is 0.392 e. The summed E-state index contributed by atoms with van der Waals surface area (Å²) in [7, 11) is 0. The molecule has 0 radical (unpaired) electrons. The van der Waals surface area contributed by atoms with E-state index in [-0.39, 0.29) is 17.1 Å². The molecule has 0 saturated heterocycles. The zero-order chi connectivity index (χ0) is 18.1. The van der Waals surface area contributed by atoms with Crippen LogP contribution in [0, 0.1) is 0 Å². The van der Waals surface area contributed by atoms with E-state index in [1.165, 1.54) is 18.3 Å². The number of aliphatic hydroxyl groups excluding tert-OH is 1. The molecule has 0 aliphatic carbocycles. The van der Waals surface area contributed by atoms with Gasteiger partial charge in [-0.2, -0.15) is 0 Å². The molecule has 0 saturated carbocycles. The van der Waals surface area contributed by atoms with Gasteiger partial charge in [0, 0.05) is 17.8 Å². The van der Waals surface area contributed by atoms with Gasteiger partial charge in [0.15, 0.2) is 0 Å². The Bertz CT molecular complexity index is 681. The molecule has 3 amide bonds. The van der Waals surface area contributed by atoms with Gasteiger partial charge < -0.3 is 26.2 Å². The zero-order valence-corrected chi connectivity index (χ0v) is 14.6. The molecule has 2 rings (SSSR count). The number of fused-ring (bicyclic) bond motifs is 1. The number of nitrogens with two attached hydrogens (primary N) is 1. The second-order valence-electron chi connectivity index (χ2n) is 6.31. The van der Waals surface area contributed by atoms with Gasteiger partial charge in [-0.25, -0.2) is 0 Å². The highest BCUT2D eigenvalue weighted by Gasteiger charge is 2.33. The van der Waals surface area contributed by atoms with E-state index >= 15 is 0 Å². The van der Waals surface area contributed by atoms with Crippen molar-refractivity contribution in [3.05, 3.63) is 16.0 Å². The molecule has 0 fully saturated rings. The van der Waals surface area contributed by atoms with Gasteiger partial charge in [-0.1, -0.05) is 0 Å². The number of amides is 3. The summed E-state index contributed by atoms with van der Waals surface area (Å²) in [5.41, 5.74) is 6.01. The Kier molecular flexibility index (Phi) is 5.26. The number of aliphatic hydroxyl groups is 1. The average Bonchev–Trinajstić information content (AvgIpc) is 2.80. The van der Waals surface area contributed by atoms with E-state index < -0.39 is 29.4 Å². The highest BCUT2D eigenvalue weighted by atomic mass is 32.1. The molecule has 8 nitrogen and oxygen atoms in total. The van der Waals surface area contributed by atoms with Gasteiger partial charge in [-0.15, -0.1) is 11.3 Å². The minimum atomic E-state index is -0.920. The molecule has 132 valence electrons. The van der Waals surface area contributed by atoms with Crippen LogP contribution in [0.1, 0.15) is 41.6 Å². The molecule has 0 bridgehead atoms. The molecule has 1 aromatic heterocycles. The molecular formula is C15H21N3O5S. The SMILES string of the molecule is C[C@H](O)CNC(=O)C(=O)Nc1sc2c(c1C(N)=O)CC(C)(C)OC2. The predicted octanol–water partition coefficient (Wildman–Crippen LogP) is 0.134. The summed E-state index contributed by atoms with van der Waals surface area (Å²) in [6, 6.07) is 0. The van der Waals surface area contributed by atoms with E-state index in [2.05, 4.69) is 10.6 Å². The van der Waals surface area contributed by atoms with Crippen LogP contribution in [0.4, 0.5) is 5.00 Å². The molecule has 1 aromatic rings. The van der Waals surface area contributed by atoms with Crippen molar-refractivity contribution in [2.24, 2.45) is 5.73 Å². The Balaban J connectivity index is 2.22. The van der Waals surface area contributed by atoms with Crippen LogP contribution in [0.2, 0.25) is 0 Å². The van der Waals surface area contributed by atoms with Crippen molar-refractivity contribution in [1.29, 1.82) is 0 Å². The van der Waals surface area contributed by atoms with Gasteiger partial charge >= 0.3 is 11.8 Å². The molecular weight excluding hydrogens is 334 g/mol. The fraction of sp³-hybridized carbons (Fsp3) is 0.533. The van der Waals surface area contributed by atoms with Crippen LogP contribution in [0.3, 0.4) is 0 Å². The van der Waals surface area contributed by atoms with E-state index in [9.17, 15) is 14.4 Å². The third-order valence-corrected chi connectivity index (χ3v) is 4.65.